The first-order chi connectivity index (χ1) is 61.9. The van der Waals surface area contributed by atoms with Crippen LogP contribution in [-0.4, -0.2) is 79.2 Å². The van der Waals surface area contributed by atoms with E-state index in [0.717, 1.165) is 194 Å². The number of unbranched alkanes of at least 4 members (excludes halogenated alkanes) is 48. The summed E-state index contributed by atoms with van der Waals surface area (Å²) in [6.45, 7) is 17.8. The zero-order chi connectivity index (χ0) is 92.9. The molecule has 0 spiro atoms. The van der Waals surface area contributed by atoms with Crippen LogP contribution in [0.3, 0.4) is 0 Å². The van der Waals surface area contributed by atoms with Crippen molar-refractivity contribution in [2.24, 2.45) is 0 Å². The van der Waals surface area contributed by atoms with E-state index in [2.05, 4.69) is 79.7 Å². The quantitative estimate of drug-likeness (QED) is 0.0197. The molecule has 0 fully saturated rings. The molecule has 17 heteroatoms. The Balaban J connectivity index is 0.000000359. The molecule has 0 bridgehead atoms. The van der Waals surface area contributed by atoms with Crippen LogP contribution < -0.4 is 0 Å². The number of aryl methyl sites for hydroxylation is 4. The Labute approximate surface area is 807 Å². The first kappa shape index (κ1) is 117. The van der Waals surface area contributed by atoms with E-state index >= 15 is 0 Å². The Morgan fingerprint density at radius 1 is 0.178 bits per heavy atom. The van der Waals surface area contributed by atoms with E-state index < -0.39 is 40.5 Å². The van der Waals surface area contributed by atoms with Gasteiger partial charge in [0.2, 0.25) is 0 Å². The summed E-state index contributed by atoms with van der Waals surface area (Å²) in [5.41, 5.74) is 7.43. The topological polar surface area (TPSA) is 229 Å². The maximum absolute atomic E-state index is 12.3. The number of rotatable bonds is 68. The van der Waals surface area contributed by atoms with Gasteiger partial charge in [0.25, 0.3) is 0 Å². The summed E-state index contributed by atoms with van der Waals surface area (Å²) in [5, 5.41) is 5.80. The summed E-state index contributed by atoms with van der Waals surface area (Å²) in [5.74, 6) is 0. The van der Waals surface area contributed by atoms with Crippen molar-refractivity contribution in [3.63, 3.8) is 0 Å². The normalized spacial score (nSPS) is 11.9. The Kier molecular flexibility index (Phi) is 62.6. The van der Waals surface area contributed by atoms with Crippen molar-refractivity contribution in [3.05, 3.63) is 166 Å². The fourth-order valence-electron chi connectivity index (χ4n) is 18.9. The van der Waals surface area contributed by atoms with Gasteiger partial charge in [0.15, 0.2) is 0 Å². The molecule has 0 saturated heterocycles. The Morgan fingerprint density at radius 3 is 0.442 bits per heavy atom. The number of hydrogen-bond acceptors (Lipinski definition) is 12. The minimum atomic E-state index is -4.53. The standard InChI is InChI=1S/4C28H44O3S.Pb/c4*1-3-5-7-9-11-13-15-19-24-23-25-20-17-18-22-27(25)28(32(29,30)31)26(24)21-16-14-12-10-8-6-4-2;/h4*17-18,20,22-23H,3-16,19,21H2,1-2H3,(H,29,30,31);/p-4. The average molecular weight is 2050 g/mol. The summed E-state index contributed by atoms with van der Waals surface area (Å²) in [6.07, 6.45) is 73.4. The molecule has 0 amide bonds. The van der Waals surface area contributed by atoms with Gasteiger partial charge in [-0.3, -0.25) is 0 Å². The van der Waals surface area contributed by atoms with Crippen LogP contribution >= 0.6 is 0 Å². The van der Waals surface area contributed by atoms with Crippen LogP contribution in [0.1, 0.15) is 459 Å². The van der Waals surface area contributed by atoms with Crippen molar-refractivity contribution < 1.29 is 51.9 Å². The van der Waals surface area contributed by atoms with E-state index in [9.17, 15) is 51.9 Å². The van der Waals surface area contributed by atoms with E-state index in [-0.39, 0.29) is 46.9 Å². The molecule has 0 aliphatic heterocycles. The minimum Gasteiger partial charge on any atom is -0.744 e. The van der Waals surface area contributed by atoms with Gasteiger partial charge in [0, 0.05) is 27.3 Å². The number of benzene rings is 8. The van der Waals surface area contributed by atoms with E-state index in [1.807, 2.05) is 72.8 Å². The van der Waals surface area contributed by atoms with E-state index in [1.165, 1.54) is 257 Å². The Morgan fingerprint density at radius 2 is 0.302 bits per heavy atom. The first-order valence-corrected chi connectivity index (χ1v) is 57.6. The summed E-state index contributed by atoms with van der Waals surface area (Å²) in [6, 6.07) is 38.3. The summed E-state index contributed by atoms with van der Waals surface area (Å²) < 4.78 is 148. The van der Waals surface area contributed by atoms with Crippen molar-refractivity contribution >= 4 is 111 Å². The molecule has 0 N–H and O–H groups in total. The number of hydrogen-bond donors (Lipinski definition) is 0. The molecule has 8 rings (SSSR count). The van der Waals surface area contributed by atoms with E-state index in [4.69, 9.17) is 0 Å². The predicted molar refractivity (Wildman–Crippen MR) is 547 cm³/mol. The van der Waals surface area contributed by atoms with Gasteiger partial charge >= 0.3 is 0 Å². The van der Waals surface area contributed by atoms with Crippen LogP contribution in [0.5, 0.6) is 0 Å². The van der Waals surface area contributed by atoms with Gasteiger partial charge in [-0.1, -0.05) is 485 Å². The number of fused-ring (bicyclic) bond motifs is 4. The fraction of sp³-hybridized carbons (Fsp3) is 0.643. The molecule has 0 aromatic heterocycles. The second kappa shape index (κ2) is 69.2. The van der Waals surface area contributed by atoms with Gasteiger partial charge in [0.1, 0.15) is 40.5 Å². The molecule has 0 unspecified atom stereocenters. The molecule has 129 heavy (non-hydrogen) atoms. The predicted octanol–water partition coefficient (Wildman–Crippen LogP) is 32.9. The van der Waals surface area contributed by atoms with Gasteiger partial charge in [-0.15, -0.1) is 0 Å². The SMILES string of the molecule is CCCCCCCCCc1cc2ccccc2c(S(=O)(=O)[O-])c1CCCCCCCCC.CCCCCCCCCc1cc2ccccc2c(S(=O)(=O)[O-])c1CCCCCCCCC.CCCCCCCCCc1cc2ccccc2c(S(=O)(=O)[O-])c1CCCCCCCCC.CCCCCCCCCc1cc2ccccc2c(S(=O)(=O)[O-])c1CCCCCCCCC.[Pb]. The summed E-state index contributed by atoms with van der Waals surface area (Å²) in [4.78, 5) is 0.165. The van der Waals surface area contributed by atoms with Crippen LogP contribution in [0, 0.1) is 0 Å². The fourth-order valence-corrected chi connectivity index (χ4v) is 22.9. The van der Waals surface area contributed by atoms with Gasteiger partial charge in [-0.2, -0.15) is 0 Å². The van der Waals surface area contributed by atoms with Crippen LogP contribution in [0.15, 0.2) is 141 Å². The third-order valence-electron chi connectivity index (χ3n) is 26.1. The maximum Gasteiger partial charge on any atom is 0.125 e. The summed E-state index contributed by atoms with van der Waals surface area (Å²) >= 11 is 0. The molecule has 8 aromatic carbocycles. The Hall–Kier alpha value is -4.64. The van der Waals surface area contributed by atoms with Crippen molar-refractivity contribution in [1.29, 1.82) is 0 Å². The molecule has 724 valence electrons. The second-order valence-corrected chi connectivity index (χ2v) is 42.3. The molecule has 0 aliphatic rings. The molecule has 12 nitrogen and oxygen atoms in total. The van der Waals surface area contributed by atoms with Gasteiger partial charge in [-0.05, 0) is 190 Å². The maximum atomic E-state index is 12.3. The van der Waals surface area contributed by atoms with Gasteiger partial charge in [-0.25, -0.2) is 33.7 Å². The third-order valence-corrected chi connectivity index (χ3v) is 30.0. The van der Waals surface area contributed by atoms with Gasteiger partial charge in [0.05, 0.1) is 19.6 Å². The smallest absolute Gasteiger partial charge is 0.125 e. The molecule has 4 radical (unpaired) electrons. The molecular weight excluding hydrogens is 1870 g/mol. The molecular formula is C112H172O12PbS4-4. The third kappa shape index (κ3) is 45.7. The van der Waals surface area contributed by atoms with Crippen LogP contribution in [-0.2, 0) is 91.8 Å². The zero-order valence-electron chi connectivity index (χ0n) is 81.8. The minimum absolute atomic E-state index is 0. The van der Waals surface area contributed by atoms with E-state index in [0.29, 0.717) is 47.2 Å². The molecule has 0 saturated carbocycles. The Bertz CT molecular complexity index is 4220. The van der Waals surface area contributed by atoms with Crippen molar-refractivity contribution in [2.75, 3.05) is 0 Å². The summed E-state index contributed by atoms with van der Waals surface area (Å²) in [7, 11) is -18.1. The second-order valence-electron chi connectivity index (χ2n) is 37.0. The van der Waals surface area contributed by atoms with Gasteiger partial charge < -0.3 is 18.2 Å². The van der Waals surface area contributed by atoms with Crippen LogP contribution in [0.25, 0.3) is 43.1 Å². The first-order valence-electron chi connectivity index (χ1n) is 51.9. The molecule has 0 aliphatic carbocycles. The van der Waals surface area contributed by atoms with Crippen LogP contribution in [0.2, 0.25) is 0 Å². The van der Waals surface area contributed by atoms with Crippen molar-refractivity contribution in [2.45, 2.75) is 486 Å². The monoisotopic (exact) mass is 2050 g/mol. The largest absolute Gasteiger partial charge is 0.744 e. The van der Waals surface area contributed by atoms with Crippen molar-refractivity contribution in [3.8, 4) is 0 Å². The zero-order valence-corrected chi connectivity index (χ0v) is 89.0. The molecule has 0 heterocycles. The van der Waals surface area contributed by atoms with E-state index in [1.54, 1.807) is 24.3 Å². The average Bonchev–Trinajstić information content (AvgIpc) is 0.782. The molecule has 0 atom stereocenters. The molecule has 8 aromatic rings. The van der Waals surface area contributed by atoms with Crippen molar-refractivity contribution in [1.82, 2.24) is 0 Å². The van der Waals surface area contributed by atoms with Crippen LogP contribution in [0.4, 0.5) is 0 Å².